The average Bonchev–Trinajstić information content (AvgIpc) is 3.53. The standard InChI is InChI=1S/C28H45NO12/c1-10-31-15(30)11-13(16-18-20(37-26(4,5)35-18)22-24(33-16)41-28(8,9)39-22)29-12-14-17-19(36-25(2,3)34-17)21-23(32-14)40-27(6,7)38-21/h13-14,16-24,29H,10-12H2,1-9H3/t13-,14+,16+,17-,18-,19-,20-,21+,22+,23+,24+/m0/s1. The molecular weight excluding hydrogens is 542 g/mol. The van der Waals surface area contributed by atoms with Gasteiger partial charge in [-0.05, 0) is 62.3 Å². The van der Waals surface area contributed by atoms with E-state index in [0.29, 0.717) is 6.54 Å². The summed E-state index contributed by atoms with van der Waals surface area (Å²) < 4.78 is 67.8. The second-order valence-corrected chi connectivity index (χ2v) is 13.4. The van der Waals surface area contributed by atoms with Crippen LogP contribution in [0.5, 0.6) is 0 Å². The summed E-state index contributed by atoms with van der Waals surface area (Å²) in [5, 5.41) is 3.52. The number of hydrogen-bond donors (Lipinski definition) is 1. The van der Waals surface area contributed by atoms with Crippen molar-refractivity contribution >= 4 is 5.97 Å². The Labute approximate surface area is 241 Å². The fraction of sp³-hybridized carbons (Fsp3) is 0.964. The maximum Gasteiger partial charge on any atom is 0.307 e. The van der Waals surface area contributed by atoms with Crippen molar-refractivity contribution in [1.29, 1.82) is 0 Å². The minimum absolute atomic E-state index is 0.0233. The van der Waals surface area contributed by atoms with Crippen LogP contribution in [0.2, 0.25) is 0 Å². The highest BCUT2D eigenvalue weighted by atomic mass is 16.9. The third-order valence-corrected chi connectivity index (χ3v) is 8.11. The molecule has 0 aliphatic carbocycles. The van der Waals surface area contributed by atoms with Gasteiger partial charge in [-0.3, -0.25) is 4.79 Å². The van der Waals surface area contributed by atoms with Crippen LogP contribution in [0, 0.1) is 0 Å². The molecule has 234 valence electrons. The molecular formula is C28H45NO12. The molecule has 0 aromatic rings. The van der Waals surface area contributed by atoms with Crippen molar-refractivity contribution in [3.8, 4) is 0 Å². The Hall–Kier alpha value is -0.970. The van der Waals surface area contributed by atoms with Crippen LogP contribution < -0.4 is 5.32 Å². The first kappa shape index (κ1) is 30.1. The van der Waals surface area contributed by atoms with Crippen molar-refractivity contribution in [3.05, 3.63) is 0 Å². The normalized spacial score (nSPS) is 45.4. The number of carbonyl (C=O) groups excluding carboxylic acids is 1. The highest BCUT2D eigenvalue weighted by molar-refractivity contribution is 5.70. The quantitative estimate of drug-likeness (QED) is 0.434. The monoisotopic (exact) mass is 587 g/mol. The van der Waals surface area contributed by atoms with Gasteiger partial charge in [-0.15, -0.1) is 0 Å². The Morgan fingerprint density at radius 3 is 1.71 bits per heavy atom. The molecule has 6 heterocycles. The zero-order valence-electron chi connectivity index (χ0n) is 25.4. The topological polar surface area (TPSA) is 131 Å². The lowest BCUT2D eigenvalue weighted by molar-refractivity contribution is -0.244. The summed E-state index contributed by atoms with van der Waals surface area (Å²) in [6, 6.07) is -0.542. The lowest BCUT2D eigenvalue weighted by Gasteiger charge is -2.42. The average molecular weight is 588 g/mol. The first-order chi connectivity index (χ1) is 19.1. The molecule has 0 bridgehead atoms. The lowest BCUT2D eigenvalue weighted by atomic mass is 9.92. The molecule has 6 aliphatic heterocycles. The van der Waals surface area contributed by atoms with Crippen LogP contribution in [0.1, 0.15) is 68.7 Å². The molecule has 1 N–H and O–H groups in total. The number of carbonyl (C=O) groups is 1. The molecule has 0 unspecified atom stereocenters. The van der Waals surface area contributed by atoms with Crippen molar-refractivity contribution in [2.75, 3.05) is 13.2 Å². The predicted molar refractivity (Wildman–Crippen MR) is 138 cm³/mol. The summed E-state index contributed by atoms with van der Waals surface area (Å²) in [6.45, 7) is 17.1. The SMILES string of the molecule is CCOC(=O)C[C@H](NC[C@H]1O[C@@H]2OC(C)(C)O[C@@H]2[C@H]2OC(C)(C)O[C@H]21)[C@H]1O[C@@H]2OC(C)(C)O[C@@H]2[C@H]2OC(C)(C)O[C@H]21. The Balaban J connectivity index is 1.24. The van der Waals surface area contributed by atoms with Gasteiger partial charge < -0.3 is 57.4 Å². The highest BCUT2D eigenvalue weighted by Crippen LogP contribution is 2.46. The number of esters is 1. The largest absolute Gasteiger partial charge is 0.466 e. The Morgan fingerprint density at radius 2 is 1.12 bits per heavy atom. The van der Waals surface area contributed by atoms with Crippen molar-refractivity contribution in [2.45, 2.75) is 159 Å². The summed E-state index contributed by atoms with van der Waals surface area (Å²) in [6.07, 6.45) is -5.13. The van der Waals surface area contributed by atoms with Crippen LogP contribution in [0.25, 0.3) is 0 Å². The van der Waals surface area contributed by atoms with Gasteiger partial charge in [0.05, 0.1) is 13.0 Å². The minimum Gasteiger partial charge on any atom is -0.466 e. The fourth-order valence-electron chi connectivity index (χ4n) is 6.80. The van der Waals surface area contributed by atoms with E-state index in [-0.39, 0.29) is 19.0 Å². The molecule has 0 saturated carbocycles. The van der Waals surface area contributed by atoms with E-state index in [2.05, 4.69) is 5.32 Å². The van der Waals surface area contributed by atoms with E-state index >= 15 is 0 Å². The van der Waals surface area contributed by atoms with E-state index in [9.17, 15) is 4.79 Å². The third kappa shape index (κ3) is 5.93. The maximum absolute atomic E-state index is 12.8. The van der Waals surface area contributed by atoms with Crippen LogP contribution >= 0.6 is 0 Å². The summed E-state index contributed by atoms with van der Waals surface area (Å²) in [7, 11) is 0. The number of hydrogen-bond acceptors (Lipinski definition) is 13. The van der Waals surface area contributed by atoms with E-state index in [1.165, 1.54) is 0 Å². The number of nitrogens with one attached hydrogen (secondary N) is 1. The molecule has 0 radical (unpaired) electrons. The summed E-state index contributed by atoms with van der Waals surface area (Å²) in [4.78, 5) is 12.8. The molecule has 6 saturated heterocycles. The lowest BCUT2D eigenvalue weighted by Crippen LogP contribution is -2.63. The second-order valence-electron chi connectivity index (χ2n) is 13.4. The minimum atomic E-state index is -0.877. The summed E-state index contributed by atoms with van der Waals surface area (Å²) in [5.41, 5.74) is 0. The van der Waals surface area contributed by atoms with Gasteiger partial charge in [-0.2, -0.15) is 0 Å². The number of rotatable bonds is 7. The Bertz CT molecular complexity index is 1000. The molecule has 41 heavy (non-hydrogen) atoms. The second kappa shape index (κ2) is 10.3. The molecule has 13 heteroatoms. The van der Waals surface area contributed by atoms with Gasteiger partial charge in [0.25, 0.3) is 0 Å². The van der Waals surface area contributed by atoms with Gasteiger partial charge in [0.2, 0.25) is 0 Å². The molecule has 0 aromatic carbocycles. The smallest absolute Gasteiger partial charge is 0.307 e. The maximum atomic E-state index is 12.8. The van der Waals surface area contributed by atoms with Crippen molar-refractivity contribution in [2.24, 2.45) is 0 Å². The van der Waals surface area contributed by atoms with E-state index in [1.54, 1.807) is 6.92 Å². The van der Waals surface area contributed by atoms with Gasteiger partial charge in [0, 0.05) is 12.6 Å². The zero-order chi connectivity index (χ0) is 29.5. The van der Waals surface area contributed by atoms with Gasteiger partial charge in [0.1, 0.15) is 48.8 Å². The van der Waals surface area contributed by atoms with Gasteiger partial charge >= 0.3 is 5.97 Å². The van der Waals surface area contributed by atoms with Gasteiger partial charge in [-0.25, -0.2) is 0 Å². The number of ether oxygens (including phenoxy) is 11. The van der Waals surface area contributed by atoms with Crippen LogP contribution in [0.3, 0.4) is 0 Å². The molecule has 6 aliphatic rings. The molecule has 0 spiro atoms. The first-order valence-electron chi connectivity index (χ1n) is 14.7. The summed E-state index contributed by atoms with van der Waals surface area (Å²) in [5.74, 6) is -3.75. The molecule has 0 amide bonds. The van der Waals surface area contributed by atoms with Crippen LogP contribution in [0.4, 0.5) is 0 Å². The van der Waals surface area contributed by atoms with Gasteiger partial charge in [-0.1, -0.05) is 0 Å². The zero-order valence-corrected chi connectivity index (χ0v) is 25.4. The van der Waals surface area contributed by atoms with Gasteiger partial charge in [0.15, 0.2) is 35.7 Å². The van der Waals surface area contributed by atoms with Crippen molar-refractivity contribution in [3.63, 3.8) is 0 Å². The first-order valence-corrected chi connectivity index (χ1v) is 14.7. The van der Waals surface area contributed by atoms with E-state index in [1.807, 2.05) is 55.4 Å². The highest BCUT2D eigenvalue weighted by Gasteiger charge is 2.63. The molecule has 0 aromatic heterocycles. The van der Waals surface area contributed by atoms with E-state index in [0.717, 1.165) is 0 Å². The predicted octanol–water partition coefficient (Wildman–Crippen LogP) is 1.69. The Morgan fingerprint density at radius 1 is 0.659 bits per heavy atom. The number of fused-ring (bicyclic) bond motifs is 6. The third-order valence-electron chi connectivity index (χ3n) is 8.11. The van der Waals surface area contributed by atoms with Crippen LogP contribution in [-0.2, 0) is 56.9 Å². The molecule has 6 fully saturated rings. The fourth-order valence-corrected chi connectivity index (χ4v) is 6.80. The molecule has 11 atom stereocenters. The summed E-state index contributed by atoms with van der Waals surface area (Å²) >= 11 is 0. The van der Waals surface area contributed by atoms with E-state index in [4.69, 9.17) is 52.1 Å². The molecule has 6 rings (SSSR count). The van der Waals surface area contributed by atoms with Crippen LogP contribution in [-0.4, -0.2) is 110 Å². The van der Waals surface area contributed by atoms with Crippen LogP contribution in [0.15, 0.2) is 0 Å². The molecule has 13 nitrogen and oxygen atoms in total. The van der Waals surface area contributed by atoms with Crippen molar-refractivity contribution < 1.29 is 56.9 Å². The van der Waals surface area contributed by atoms with E-state index < -0.39 is 90.6 Å². The van der Waals surface area contributed by atoms with Crippen molar-refractivity contribution in [1.82, 2.24) is 5.32 Å². The Kier molecular flexibility index (Phi) is 7.55.